The molecule has 49 heavy (non-hydrogen) atoms. The zero-order valence-electron chi connectivity index (χ0n) is 29.4. The summed E-state index contributed by atoms with van der Waals surface area (Å²) in [4.78, 5) is 60.2. The van der Waals surface area contributed by atoms with Crippen LogP contribution in [0.2, 0.25) is 0 Å². The van der Waals surface area contributed by atoms with Crippen molar-refractivity contribution >= 4 is 34.8 Å². The van der Waals surface area contributed by atoms with Crippen LogP contribution in [0.4, 0.5) is 0 Å². The molecule has 270 valence electrons. The van der Waals surface area contributed by atoms with Gasteiger partial charge in [0.2, 0.25) is 23.5 Å². The molecule has 1 aliphatic heterocycles. The molecule has 12 nitrogen and oxygen atoms in total. The predicted octanol–water partition coefficient (Wildman–Crippen LogP) is 3.99. The average Bonchev–Trinajstić information content (AvgIpc) is 3.83. The lowest BCUT2D eigenvalue weighted by Gasteiger charge is -2.35. The number of rotatable bonds is 19. The van der Waals surface area contributed by atoms with Crippen molar-refractivity contribution in [2.24, 2.45) is 5.92 Å². The molecule has 1 aromatic heterocycles. The number of nitrogens with zero attached hydrogens (tertiary/aromatic N) is 3. The van der Waals surface area contributed by atoms with E-state index in [9.17, 15) is 19.2 Å². The van der Waals surface area contributed by atoms with Gasteiger partial charge in [-0.1, -0.05) is 38.3 Å². The Balaban J connectivity index is 1.29. The maximum atomic E-state index is 14.1. The fraction of sp³-hybridized carbons (Fsp3) is 0.639. The molecule has 3 atom stereocenters. The molecule has 2 aliphatic rings. The van der Waals surface area contributed by atoms with E-state index in [0.717, 1.165) is 50.0 Å². The van der Waals surface area contributed by atoms with E-state index >= 15 is 0 Å². The van der Waals surface area contributed by atoms with E-state index in [1.54, 1.807) is 55.6 Å². The Morgan fingerprint density at radius 2 is 1.76 bits per heavy atom. The van der Waals surface area contributed by atoms with Gasteiger partial charge in [-0.25, -0.2) is 4.98 Å². The Bertz CT molecular complexity index is 1380. The number of aromatic nitrogens is 1. The van der Waals surface area contributed by atoms with Gasteiger partial charge >= 0.3 is 0 Å². The quantitative estimate of drug-likeness (QED) is 0.165. The largest absolute Gasteiger partial charge is 0.491 e. The lowest BCUT2D eigenvalue weighted by Crippen LogP contribution is -2.55. The number of nitrogens with one attached hydrogen (secondary N) is 2. The Morgan fingerprint density at radius 3 is 2.49 bits per heavy atom. The fourth-order valence-electron chi connectivity index (χ4n) is 6.28. The summed E-state index contributed by atoms with van der Waals surface area (Å²) in [6, 6.07) is 5.82. The number of ketones is 1. The second-order valence-corrected chi connectivity index (χ2v) is 13.6. The van der Waals surface area contributed by atoms with Crippen LogP contribution in [-0.2, 0) is 23.9 Å². The summed E-state index contributed by atoms with van der Waals surface area (Å²) in [6.07, 6.45) is 7.21. The minimum absolute atomic E-state index is 0.0524. The van der Waals surface area contributed by atoms with Gasteiger partial charge < -0.3 is 34.6 Å². The number of likely N-dealkylation sites (tertiary alicyclic amines) is 1. The van der Waals surface area contributed by atoms with Gasteiger partial charge in [0.05, 0.1) is 38.5 Å². The van der Waals surface area contributed by atoms with Crippen molar-refractivity contribution in [3.05, 3.63) is 45.9 Å². The maximum absolute atomic E-state index is 14.1. The highest BCUT2D eigenvalue weighted by Crippen LogP contribution is 2.36. The maximum Gasteiger partial charge on any atom is 0.246 e. The van der Waals surface area contributed by atoms with Crippen LogP contribution in [0.25, 0.3) is 0 Å². The molecule has 1 saturated carbocycles. The minimum atomic E-state index is -0.567. The van der Waals surface area contributed by atoms with Gasteiger partial charge in [0.1, 0.15) is 29.1 Å². The van der Waals surface area contributed by atoms with Crippen molar-refractivity contribution in [3.8, 4) is 5.75 Å². The van der Waals surface area contributed by atoms with Crippen LogP contribution >= 0.6 is 11.3 Å². The molecule has 2 heterocycles. The summed E-state index contributed by atoms with van der Waals surface area (Å²) in [7, 11) is 3.50. The lowest BCUT2D eigenvalue weighted by atomic mass is 9.83. The van der Waals surface area contributed by atoms with E-state index in [-0.39, 0.29) is 35.5 Å². The summed E-state index contributed by atoms with van der Waals surface area (Å²) in [5, 5.41) is 8.55. The van der Waals surface area contributed by atoms with E-state index in [2.05, 4.69) is 10.6 Å². The highest BCUT2D eigenvalue weighted by Gasteiger charge is 2.40. The summed E-state index contributed by atoms with van der Waals surface area (Å²) in [5.41, 5.74) is 0.804. The van der Waals surface area contributed by atoms with Gasteiger partial charge in [-0.15, -0.1) is 11.3 Å². The molecular weight excluding hydrogens is 646 g/mol. The van der Waals surface area contributed by atoms with Gasteiger partial charge in [0, 0.05) is 37.5 Å². The molecule has 3 amide bonds. The van der Waals surface area contributed by atoms with Gasteiger partial charge in [-0.2, -0.15) is 0 Å². The van der Waals surface area contributed by atoms with Gasteiger partial charge in [-0.05, 0) is 57.7 Å². The van der Waals surface area contributed by atoms with Crippen LogP contribution < -0.4 is 15.4 Å². The molecule has 0 radical (unpaired) electrons. The predicted molar refractivity (Wildman–Crippen MR) is 188 cm³/mol. The Morgan fingerprint density at radius 1 is 1.02 bits per heavy atom. The van der Waals surface area contributed by atoms with Gasteiger partial charge in [-0.3, -0.25) is 19.2 Å². The standard InChI is InChI=1S/C36H53N5O7S/c1-5-31(42)40(4)17-18-46-19-20-47-21-22-48-28-14-9-13-27(23-28)33(43)29-24-49-35(38-29)30-15-10-16-41(30)36(45)32(26-11-7-6-8-12-26)39-34(44)25(2)37-3/h9,13-14,23-26,30,32,37H,5-8,10-12,15-22H2,1-4H3,(H,39,44)/t25-,30-,32-/m0/s1. The SMILES string of the molecule is CCC(=O)N(C)CCOCCOCCOc1cccc(C(=O)c2csc([C@@H]3CCCN3C(=O)[C@@H](NC(=O)[C@H](C)NC)C3CCCCC3)n2)c1. The molecule has 0 bridgehead atoms. The highest BCUT2D eigenvalue weighted by atomic mass is 32.1. The second kappa shape index (κ2) is 19.7. The van der Waals surface area contributed by atoms with E-state index in [0.29, 0.717) is 69.6 Å². The number of likely N-dealkylation sites (N-methyl/N-ethyl adjacent to an activating group) is 2. The summed E-state index contributed by atoms with van der Waals surface area (Å²) in [6.45, 7) is 6.74. The average molecular weight is 700 g/mol. The van der Waals surface area contributed by atoms with E-state index in [4.69, 9.17) is 19.2 Å². The fourth-order valence-corrected chi connectivity index (χ4v) is 7.23. The van der Waals surface area contributed by atoms with E-state index in [1.807, 2.05) is 11.8 Å². The van der Waals surface area contributed by atoms with Crippen molar-refractivity contribution in [2.45, 2.75) is 83.3 Å². The van der Waals surface area contributed by atoms with Gasteiger partial charge in [0.25, 0.3) is 0 Å². The summed E-state index contributed by atoms with van der Waals surface area (Å²) in [5.74, 6) is 0.321. The molecule has 4 rings (SSSR count). The van der Waals surface area contributed by atoms with Crippen molar-refractivity contribution in [2.75, 3.05) is 60.2 Å². The summed E-state index contributed by atoms with van der Waals surface area (Å²) >= 11 is 1.40. The highest BCUT2D eigenvalue weighted by molar-refractivity contribution is 7.10. The molecule has 0 spiro atoms. The lowest BCUT2D eigenvalue weighted by molar-refractivity contribution is -0.139. The molecular formula is C36H53N5O7S. The number of ether oxygens (including phenoxy) is 3. The topological polar surface area (TPSA) is 139 Å². The van der Waals surface area contributed by atoms with Gasteiger partial charge in [0.15, 0.2) is 0 Å². The number of carbonyl (C=O) groups is 4. The van der Waals surface area contributed by atoms with Crippen LogP contribution in [0.1, 0.15) is 92.3 Å². The molecule has 2 aromatic rings. The minimum Gasteiger partial charge on any atom is -0.491 e. The van der Waals surface area contributed by atoms with Crippen molar-refractivity contribution in [3.63, 3.8) is 0 Å². The smallest absolute Gasteiger partial charge is 0.246 e. The molecule has 0 unspecified atom stereocenters. The zero-order chi connectivity index (χ0) is 35.2. The Kier molecular flexibility index (Phi) is 15.5. The Labute approximate surface area is 294 Å². The number of hydrogen-bond donors (Lipinski definition) is 2. The normalized spacial score (nSPS) is 17.8. The summed E-state index contributed by atoms with van der Waals surface area (Å²) < 4.78 is 16.9. The van der Waals surface area contributed by atoms with Crippen LogP contribution in [0.5, 0.6) is 5.75 Å². The van der Waals surface area contributed by atoms with E-state index in [1.165, 1.54) is 11.3 Å². The number of amides is 3. The zero-order valence-corrected chi connectivity index (χ0v) is 30.2. The number of thiazole rings is 1. The third-order valence-corrected chi connectivity index (χ3v) is 10.3. The number of carbonyl (C=O) groups excluding carboxylic acids is 4. The van der Waals surface area contributed by atoms with Crippen molar-refractivity contribution < 1.29 is 33.4 Å². The van der Waals surface area contributed by atoms with Crippen molar-refractivity contribution in [1.29, 1.82) is 0 Å². The molecule has 1 aromatic carbocycles. The van der Waals surface area contributed by atoms with Crippen LogP contribution in [0.15, 0.2) is 29.6 Å². The molecule has 1 aliphatic carbocycles. The third-order valence-electron chi connectivity index (χ3n) is 9.35. The molecule has 1 saturated heterocycles. The molecule has 2 N–H and O–H groups in total. The number of benzene rings is 1. The van der Waals surface area contributed by atoms with E-state index < -0.39 is 12.1 Å². The first-order valence-corrected chi connectivity index (χ1v) is 18.5. The van der Waals surface area contributed by atoms with Crippen LogP contribution in [0.3, 0.4) is 0 Å². The first-order valence-electron chi connectivity index (χ1n) is 17.6. The first-order chi connectivity index (χ1) is 23.7. The van der Waals surface area contributed by atoms with Crippen LogP contribution in [-0.4, -0.2) is 111 Å². The second-order valence-electron chi connectivity index (χ2n) is 12.8. The molecule has 13 heteroatoms. The Hall–Kier alpha value is -3.39. The van der Waals surface area contributed by atoms with Crippen LogP contribution in [0, 0.1) is 5.92 Å². The third kappa shape index (κ3) is 11.1. The van der Waals surface area contributed by atoms with Crippen molar-refractivity contribution in [1.82, 2.24) is 25.4 Å². The monoisotopic (exact) mass is 699 g/mol. The first kappa shape index (κ1) is 38.4. The number of hydrogen-bond acceptors (Lipinski definition) is 10. The molecule has 2 fully saturated rings.